The van der Waals surface area contributed by atoms with Crippen LogP contribution in [0.3, 0.4) is 0 Å². The van der Waals surface area contributed by atoms with Crippen molar-refractivity contribution in [2.24, 2.45) is 0 Å². The molecule has 0 atom stereocenters. The van der Waals surface area contributed by atoms with Crippen molar-refractivity contribution in [3.63, 3.8) is 0 Å². The third-order valence-corrected chi connectivity index (χ3v) is 1.98. The molecule has 0 aliphatic heterocycles. The van der Waals surface area contributed by atoms with Crippen molar-refractivity contribution in [1.82, 2.24) is 4.98 Å². The van der Waals surface area contributed by atoms with E-state index in [1.165, 1.54) is 17.5 Å². The molecule has 0 amide bonds. The summed E-state index contributed by atoms with van der Waals surface area (Å²) >= 11 is 1.18. The van der Waals surface area contributed by atoms with E-state index in [1.807, 2.05) is 6.92 Å². The number of unbranched alkanes of at least 4 members (excludes halogenated alkanes) is 1. The largest absolute Gasteiger partial charge is 0.460 e. The first kappa shape index (κ1) is 9.19. The number of nitrogens with zero attached hydrogens (tertiary/aromatic N) is 1. The summed E-state index contributed by atoms with van der Waals surface area (Å²) in [7, 11) is 0. The highest BCUT2D eigenvalue weighted by molar-refractivity contribution is 7.11. The van der Waals surface area contributed by atoms with Gasteiger partial charge in [0.2, 0.25) is 5.01 Å². The van der Waals surface area contributed by atoms with Crippen molar-refractivity contribution in [2.45, 2.75) is 19.8 Å². The van der Waals surface area contributed by atoms with Crippen molar-refractivity contribution in [3.8, 4) is 0 Å². The lowest BCUT2D eigenvalue weighted by Crippen LogP contribution is -2.05. The highest BCUT2D eigenvalue weighted by Crippen LogP contribution is 2.05. The van der Waals surface area contributed by atoms with E-state index in [2.05, 4.69) is 10.4 Å². The van der Waals surface area contributed by atoms with Gasteiger partial charge in [-0.15, -0.1) is 11.3 Å². The van der Waals surface area contributed by atoms with Crippen LogP contribution in [0.15, 0.2) is 6.20 Å². The summed E-state index contributed by atoms with van der Waals surface area (Å²) < 4.78 is 4.92. The van der Waals surface area contributed by atoms with Crippen molar-refractivity contribution in [1.29, 1.82) is 0 Å². The summed E-state index contributed by atoms with van der Waals surface area (Å²) in [4.78, 5) is 14.9. The fraction of sp³-hybridized carbons (Fsp3) is 0.500. The zero-order chi connectivity index (χ0) is 8.81. The third-order valence-electron chi connectivity index (χ3n) is 1.30. The second-order valence-corrected chi connectivity index (χ2v) is 3.10. The number of esters is 1. The molecule has 0 saturated heterocycles. The van der Waals surface area contributed by atoms with Gasteiger partial charge in [-0.25, -0.2) is 9.78 Å². The van der Waals surface area contributed by atoms with E-state index in [1.54, 1.807) is 0 Å². The second kappa shape index (κ2) is 4.87. The van der Waals surface area contributed by atoms with Gasteiger partial charge < -0.3 is 4.74 Å². The quantitative estimate of drug-likeness (QED) is 0.530. The van der Waals surface area contributed by atoms with Crippen LogP contribution in [-0.2, 0) is 4.74 Å². The first-order valence-electron chi connectivity index (χ1n) is 3.83. The first-order valence-corrected chi connectivity index (χ1v) is 4.65. The van der Waals surface area contributed by atoms with Crippen LogP contribution < -0.4 is 0 Å². The van der Waals surface area contributed by atoms with E-state index in [-0.39, 0.29) is 5.97 Å². The molecule has 4 heteroatoms. The van der Waals surface area contributed by atoms with Crippen LogP contribution >= 0.6 is 11.3 Å². The van der Waals surface area contributed by atoms with Crippen LogP contribution in [0.5, 0.6) is 0 Å². The van der Waals surface area contributed by atoms with Gasteiger partial charge in [-0.05, 0) is 6.42 Å². The van der Waals surface area contributed by atoms with Gasteiger partial charge in [0.05, 0.1) is 12.0 Å². The Kier molecular flexibility index (Phi) is 3.73. The molecule has 0 aliphatic rings. The molecule has 0 aromatic carbocycles. The van der Waals surface area contributed by atoms with Gasteiger partial charge in [-0.2, -0.15) is 0 Å². The Labute approximate surface area is 75.4 Å². The molecule has 1 rings (SSSR count). The number of ether oxygens (including phenoxy) is 1. The molecule has 12 heavy (non-hydrogen) atoms. The smallest absolute Gasteiger partial charge is 0.367 e. The number of thiazole rings is 1. The van der Waals surface area contributed by atoms with Crippen LogP contribution in [0.1, 0.15) is 29.6 Å². The normalized spacial score (nSPS) is 9.75. The van der Waals surface area contributed by atoms with E-state index in [0.717, 1.165) is 12.8 Å². The lowest BCUT2D eigenvalue weighted by Gasteiger charge is -1.99. The van der Waals surface area contributed by atoms with Crippen molar-refractivity contribution < 1.29 is 9.53 Å². The fourth-order valence-corrected chi connectivity index (χ4v) is 1.12. The molecule has 0 fully saturated rings. The maximum absolute atomic E-state index is 11.1. The molecule has 0 unspecified atom stereocenters. The van der Waals surface area contributed by atoms with Gasteiger partial charge in [0, 0.05) is 6.20 Å². The SMILES string of the molecule is CCCCOC(=O)c1nc[c]s1. The van der Waals surface area contributed by atoms with Gasteiger partial charge in [0.15, 0.2) is 0 Å². The first-order chi connectivity index (χ1) is 5.84. The van der Waals surface area contributed by atoms with E-state index in [9.17, 15) is 4.79 Å². The van der Waals surface area contributed by atoms with Gasteiger partial charge in [-0.3, -0.25) is 0 Å². The molecule has 0 saturated carbocycles. The Morgan fingerprint density at radius 2 is 2.67 bits per heavy atom. The number of rotatable bonds is 4. The topological polar surface area (TPSA) is 39.2 Å². The van der Waals surface area contributed by atoms with Crippen LogP contribution in [0.4, 0.5) is 0 Å². The Bertz CT molecular complexity index is 233. The van der Waals surface area contributed by atoms with Crippen molar-refractivity contribution >= 4 is 17.3 Å². The predicted octanol–water partition coefficient (Wildman–Crippen LogP) is 1.90. The Hall–Kier alpha value is -0.900. The molecule has 0 aliphatic carbocycles. The van der Waals surface area contributed by atoms with Crippen LogP contribution in [-0.4, -0.2) is 17.6 Å². The van der Waals surface area contributed by atoms with Gasteiger partial charge in [0.25, 0.3) is 0 Å². The Morgan fingerprint density at radius 1 is 1.83 bits per heavy atom. The molecule has 65 valence electrons. The number of carbonyl (C=O) groups is 1. The molecule has 1 aromatic heterocycles. The fourth-order valence-electron chi connectivity index (χ4n) is 0.659. The zero-order valence-electron chi connectivity index (χ0n) is 6.87. The minimum Gasteiger partial charge on any atom is -0.460 e. The van der Waals surface area contributed by atoms with E-state index >= 15 is 0 Å². The number of hydrogen-bond donors (Lipinski definition) is 0. The molecule has 1 aromatic rings. The lowest BCUT2D eigenvalue weighted by atomic mass is 10.4. The number of aromatic nitrogens is 1. The molecule has 1 radical (unpaired) electrons. The van der Waals surface area contributed by atoms with E-state index in [0.29, 0.717) is 11.6 Å². The summed E-state index contributed by atoms with van der Waals surface area (Å²) in [5.74, 6) is -0.338. The summed E-state index contributed by atoms with van der Waals surface area (Å²) in [6.07, 6.45) is 3.40. The highest BCUT2D eigenvalue weighted by atomic mass is 32.1. The second-order valence-electron chi connectivity index (χ2n) is 2.27. The molecular formula is C8H10NO2S. The minimum absolute atomic E-state index is 0.338. The van der Waals surface area contributed by atoms with Crippen molar-refractivity contribution in [2.75, 3.05) is 6.61 Å². The summed E-state index contributed by atoms with van der Waals surface area (Å²) in [5, 5.41) is 3.11. The van der Waals surface area contributed by atoms with Crippen LogP contribution in [0.25, 0.3) is 0 Å². The molecule has 1 heterocycles. The van der Waals surface area contributed by atoms with Gasteiger partial charge >= 0.3 is 5.97 Å². The van der Waals surface area contributed by atoms with Gasteiger partial charge in [0.1, 0.15) is 0 Å². The Morgan fingerprint density at radius 3 is 3.25 bits per heavy atom. The molecule has 3 nitrogen and oxygen atoms in total. The maximum Gasteiger partial charge on any atom is 0.367 e. The number of hydrogen-bond acceptors (Lipinski definition) is 4. The summed E-state index contributed by atoms with van der Waals surface area (Å²) in [6.45, 7) is 2.53. The molecular weight excluding hydrogens is 174 g/mol. The standard InChI is InChI=1S/C8H10NO2S/c1-2-3-5-11-8(10)7-9-4-6-12-7/h4H,2-3,5H2,1H3. The Balaban J connectivity index is 2.30. The van der Waals surface area contributed by atoms with Crippen LogP contribution in [0.2, 0.25) is 0 Å². The highest BCUT2D eigenvalue weighted by Gasteiger charge is 2.08. The maximum atomic E-state index is 11.1. The third kappa shape index (κ3) is 2.62. The summed E-state index contributed by atoms with van der Waals surface area (Å²) in [5.41, 5.74) is 0. The monoisotopic (exact) mass is 184 g/mol. The lowest BCUT2D eigenvalue weighted by molar-refractivity contribution is 0.0499. The predicted molar refractivity (Wildman–Crippen MR) is 46.1 cm³/mol. The van der Waals surface area contributed by atoms with Gasteiger partial charge in [-0.1, -0.05) is 13.3 Å². The molecule has 0 spiro atoms. The number of carbonyl (C=O) groups excluding carboxylic acids is 1. The van der Waals surface area contributed by atoms with Crippen LogP contribution in [0, 0.1) is 5.38 Å². The average Bonchev–Trinajstić information content (AvgIpc) is 2.56. The zero-order valence-corrected chi connectivity index (χ0v) is 7.69. The molecule has 0 N–H and O–H groups in total. The average molecular weight is 184 g/mol. The van der Waals surface area contributed by atoms with E-state index < -0.39 is 0 Å². The van der Waals surface area contributed by atoms with Crippen molar-refractivity contribution in [3.05, 3.63) is 16.6 Å². The van der Waals surface area contributed by atoms with E-state index in [4.69, 9.17) is 4.74 Å². The molecule has 0 bridgehead atoms. The minimum atomic E-state index is -0.338. The summed E-state index contributed by atoms with van der Waals surface area (Å²) in [6, 6.07) is 0.